The van der Waals surface area contributed by atoms with Crippen molar-refractivity contribution in [1.29, 1.82) is 0 Å². The summed E-state index contributed by atoms with van der Waals surface area (Å²) in [5, 5.41) is 3.01. The van der Waals surface area contributed by atoms with E-state index in [0.29, 0.717) is 18.9 Å². The number of nitrogens with one attached hydrogen (secondary N) is 1. The fourth-order valence-corrected chi connectivity index (χ4v) is 2.66. The van der Waals surface area contributed by atoms with Crippen LogP contribution < -0.4 is 5.32 Å². The second kappa shape index (κ2) is 15.8. The molecule has 0 saturated carbocycles. The van der Waals surface area contributed by atoms with Crippen LogP contribution in [-0.4, -0.2) is 40.7 Å². The maximum absolute atomic E-state index is 12.6. The Morgan fingerprint density at radius 3 is 2.13 bits per heavy atom. The van der Waals surface area contributed by atoms with Crippen LogP contribution in [-0.2, 0) is 10.9 Å². The van der Waals surface area contributed by atoms with Crippen LogP contribution in [0.15, 0.2) is 18.3 Å². The third-order valence-electron chi connectivity index (χ3n) is 3.86. The molecule has 1 aromatic heterocycles. The molecular weight excluding hydrogens is 407 g/mol. The summed E-state index contributed by atoms with van der Waals surface area (Å²) in [5.41, 5.74) is -1.35. The van der Waals surface area contributed by atoms with Gasteiger partial charge in [-0.15, -0.1) is 0 Å². The number of piperidine rings is 1. The number of aromatic nitrogens is 1. The van der Waals surface area contributed by atoms with E-state index in [1.165, 1.54) is 6.07 Å². The van der Waals surface area contributed by atoms with Gasteiger partial charge in [-0.3, -0.25) is 0 Å². The summed E-state index contributed by atoms with van der Waals surface area (Å²) >= 11 is 0. The Hall–Kier alpha value is -1.99. The Balaban J connectivity index is 0. The second-order valence-corrected chi connectivity index (χ2v) is 7.13. The van der Waals surface area contributed by atoms with E-state index in [2.05, 4.69) is 10.3 Å². The monoisotopic (exact) mass is 449 g/mol. The maximum atomic E-state index is 12.6. The second-order valence-electron chi connectivity index (χ2n) is 7.13. The number of likely N-dealkylation sites (tertiary alicyclic amines) is 1. The summed E-state index contributed by atoms with van der Waals surface area (Å²) < 4.78 is 43.1. The van der Waals surface area contributed by atoms with Gasteiger partial charge in [-0.1, -0.05) is 41.5 Å². The predicted molar refractivity (Wildman–Crippen MR) is 122 cm³/mol. The van der Waals surface area contributed by atoms with Crippen molar-refractivity contribution in [2.45, 2.75) is 99.4 Å². The minimum atomic E-state index is -4.40. The molecule has 1 saturated heterocycles. The molecule has 0 aliphatic carbocycles. The molecule has 2 rings (SSSR count). The molecule has 1 atom stereocenters. The number of halogens is 3. The zero-order valence-electron chi connectivity index (χ0n) is 20.7. The number of rotatable bonds is 3. The lowest BCUT2D eigenvalue weighted by molar-refractivity contribution is -0.137. The van der Waals surface area contributed by atoms with Gasteiger partial charge in [0.25, 0.3) is 0 Å². The van der Waals surface area contributed by atoms with Crippen LogP contribution >= 0.6 is 0 Å². The van der Waals surface area contributed by atoms with E-state index < -0.39 is 17.3 Å². The van der Waals surface area contributed by atoms with Gasteiger partial charge in [0.1, 0.15) is 11.4 Å². The number of carbonyl (C=O) groups excluding carboxylic acids is 1. The number of anilines is 1. The molecule has 0 radical (unpaired) electrons. The van der Waals surface area contributed by atoms with Crippen molar-refractivity contribution in [2.75, 3.05) is 18.4 Å². The van der Waals surface area contributed by atoms with Crippen molar-refractivity contribution in [2.24, 2.45) is 0 Å². The van der Waals surface area contributed by atoms with E-state index in [-0.39, 0.29) is 12.1 Å². The molecular formula is C23H42F3N3O2. The Morgan fingerprint density at radius 2 is 1.68 bits per heavy atom. The zero-order valence-corrected chi connectivity index (χ0v) is 20.7. The van der Waals surface area contributed by atoms with E-state index >= 15 is 0 Å². The largest absolute Gasteiger partial charge is 0.444 e. The molecule has 1 aliphatic heterocycles. The van der Waals surface area contributed by atoms with Crippen LogP contribution in [0.1, 0.15) is 87.1 Å². The summed E-state index contributed by atoms with van der Waals surface area (Å²) in [5.74, 6) is 0.350. The smallest absolute Gasteiger partial charge is 0.417 e. The lowest BCUT2D eigenvalue weighted by atomic mass is 10.0. The average Bonchev–Trinajstić information content (AvgIpc) is 2.75. The Labute approximate surface area is 186 Å². The number of nitrogens with zero attached hydrogens (tertiary/aromatic N) is 2. The lowest BCUT2D eigenvalue weighted by Crippen LogP contribution is -2.48. The van der Waals surface area contributed by atoms with Crippen molar-refractivity contribution >= 4 is 11.9 Å². The van der Waals surface area contributed by atoms with Gasteiger partial charge >= 0.3 is 12.3 Å². The van der Waals surface area contributed by atoms with Crippen LogP contribution in [0.5, 0.6) is 0 Å². The number of ether oxygens (including phenoxy) is 1. The molecule has 1 N–H and O–H groups in total. The highest BCUT2D eigenvalue weighted by Gasteiger charge is 2.32. The van der Waals surface area contributed by atoms with Crippen LogP contribution in [0.2, 0.25) is 0 Å². The van der Waals surface area contributed by atoms with Crippen molar-refractivity contribution in [3.05, 3.63) is 23.9 Å². The summed E-state index contributed by atoms with van der Waals surface area (Å²) in [7, 11) is 0. The highest BCUT2D eigenvalue weighted by molar-refractivity contribution is 5.68. The summed E-state index contributed by atoms with van der Waals surface area (Å²) in [6.45, 7) is 18.5. The van der Waals surface area contributed by atoms with E-state index in [0.717, 1.165) is 31.5 Å². The molecule has 1 fully saturated rings. The molecule has 0 aromatic carbocycles. The number of hydrogen-bond donors (Lipinski definition) is 1. The molecule has 1 aromatic rings. The number of pyridine rings is 1. The van der Waals surface area contributed by atoms with Gasteiger partial charge in [0.15, 0.2) is 0 Å². The fourth-order valence-electron chi connectivity index (χ4n) is 2.66. The topological polar surface area (TPSA) is 54.5 Å². The van der Waals surface area contributed by atoms with Gasteiger partial charge in [-0.25, -0.2) is 9.78 Å². The third-order valence-corrected chi connectivity index (χ3v) is 3.86. The standard InChI is InChI=1S/C17H24F3N3O2.3C2H6/c1-16(2,3)25-15(24)23-9-5-4-6-13(23)11-22-14-8-7-12(10-21-14)17(18,19)20;3*1-2/h7-8,10,13H,4-6,9,11H2,1-3H3,(H,21,22);3*1-2H3. The van der Waals surface area contributed by atoms with Crippen molar-refractivity contribution in [3.63, 3.8) is 0 Å². The third kappa shape index (κ3) is 12.5. The summed E-state index contributed by atoms with van der Waals surface area (Å²) in [4.78, 5) is 17.8. The van der Waals surface area contributed by atoms with Crippen LogP contribution in [0.4, 0.5) is 23.8 Å². The van der Waals surface area contributed by atoms with Crippen molar-refractivity contribution in [1.82, 2.24) is 9.88 Å². The Bertz CT molecular complexity index is 585. The van der Waals surface area contributed by atoms with E-state index in [9.17, 15) is 18.0 Å². The van der Waals surface area contributed by atoms with Crippen LogP contribution in [0, 0.1) is 0 Å². The van der Waals surface area contributed by atoms with Crippen molar-refractivity contribution < 1.29 is 22.7 Å². The van der Waals surface area contributed by atoms with E-state index in [1.54, 1.807) is 4.90 Å². The molecule has 2 heterocycles. The highest BCUT2D eigenvalue weighted by Crippen LogP contribution is 2.29. The number of alkyl halides is 3. The fraction of sp³-hybridized carbons (Fsp3) is 0.739. The maximum Gasteiger partial charge on any atom is 0.417 e. The van der Waals surface area contributed by atoms with Crippen LogP contribution in [0.25, 0.3) is 0 Å². The molecule has 0 spiro atoms. The van der Waals surface area contributed by atoms with Gasteiger partial charge in [0.05, 0.1) is 11.6 Å². The van der Waals surface area contributed by atoms with Gasteiger partial charge in [0, 0.05) is 19.3 Å². The first kappa shape index (κ1) is 31.2. The first-order valence-electron chi connectivity index (χ1n) is 11.3. The minimum absolute atomic E-state index is 0.0762. The SMILES string of the molecule is CC.CC.CC.CC(C)(C)OC(=O)N1CCCCC1CNc1ccc(C(F)(F)F)cn1. The van der Waals surface area contributed by atoms with Crippen molar-refractivity contribution in [3.8, 4) is 0 Å². The number of amides is 1. The van der Waals surface area contributed by atoms with E-state index in [1.807, 2.05) is 62.3 Å². The Kier molecular flexibility index (Phi) is 15.9. The lowest BCUT2D eigenvalue weighted by Gasteiger charge is -2.36. The summed E-state index contributed by atoms with van der Waals surface area (Å²) in [6.07, 6.45) is -1.25. The summed E-state index contributed by atoms with van der Waals surface area (Å²) in [6, 6.07) is 2.21. The first-order chi connectivity index (χ1) is 14.6. The molecule has 8 heteroatoms. The molecule has 0 bridgehead atoms. The van der Waals surface area contributed by atoms with E-state index in [4.69, 9.17) is 4.74 Å². The molecule has 182 valence electrons. The van der Waals surface area contributed by atoms with Gasteiger partial charge in [0.2, 0.25) is 0 Å². The molecule has 1 unspecified atom stereocenters. The zero-order chi connectivity index (χ0) is 24.7. The van der Waals surface area contributed by atoms with Crippen LogP contribution in [0.3, 0.4) is 0 Å². The first-order valence-corrected chi connectivity index (χ1v) is 11.3. The minimum Gasteiger partial charge on any atom is -0.444 e. The highest BCUT2D eigenvalue weighted by atomic mass is 19.4. The Morgan fingerprint density at radius 1 is 1.10 bits per heavy atom. The van der Waals surface area contributed by atoms with Gasteiger partial charge in [-0.2, -0.15) is 13.2 Å². The molecule has 1 amide bonds. The molecule has 31 heavy (non-hydrogen) atoms. The average molecular weight is 450 g/mol. The molecule has 5 nitrogen and oxygen atoms in total. The normalized spacial score (nSPS) is 15.7. The predicted octanol–water partition coefficient (Wildman–Crippen LogP) is 7.38. The quantitative estimate of drug-likeness (QED) is 0.523. The molecule has 1 aliphatic rings. The number of hydrogen-bond acceptors (Lipinski definition) is 4. The van der Waals surface area contributed by atoms with Gasteiger partial charge in [-0.05, 0) is 52.2 Å². The van der Waals surface area contributed by atoms with Gasteiger partial charge < -0.3 is 15.0 Å². The number of carbonyl (C=O) groups is 1.